The third kappa shape index (κ3) is 6.47. The summed E-state index contributed by atoms with van der Waals surface area (Å²) in [6.45, 7) is 2.47. The van der Waals surface area contributed by atoms with E-state index in [4.69, 9.17) is 9.72 Å². The lowest BCUT2D eigenvalue weighted by atomic mass is 10.1. The third-order valence-electron chi connectivity index (χ3n) is 4.49. The van der Waals surface area contributed by atoms with E-state index in [1.54, 1.807) is 7.11 Å². The zero-order chi connectivity index (χ0) is 20.5. The van der Waals surface area contributed by atoms with Crippen molar-refractivity contribution in [1.82, 2.24) is 14.9 Å². The Morgan fingerprint density at radius 2 is 1.72 bits per heavy atom. The highest BCUT2D eigenvalue weighted by Crippen LogP contribution is 2.21. The molecule has 0 fully saturated rings. The molecule has 0 spiro atoms. The van der Waals surface area contributed by atoms with Crippen molar-refractivity contribution in [2.24, 2.45) is 0 Å². The van der Waals surface area contributed by atoms with Gasteiger partial charge in [-0.25, -0.2) is 4.98 Å². The van der Waals surface area contributed by atoms with Gasteiger partial charge in [0.1, 0.15) is 11.6 Å². The van der Waals surface area contributed by atoms with Gasteiger partial charge in [0.05, 0.1) is 12.8 Å². The lowest BCUT2D eigenvalue weighted by Crippen LogP contribution is -2.21. The van der Waals surface area contributed by atoms with E-state index in [2.05, 4.69) is 58.9 Å². The quantitative estimate of drug-likeness (QED) is 0.548. The van der Waals surface area contributed by atoms with E-state index in [1.807, 2.05) is 36.4 Å². The molecule has 0 aliphatic carbocycles. The fraction of sp³-hybridized carbons (Fsp3) is 0.304. The molecule has 0 unspecified atom stereocenters. The molecule has 3 aromatic rings. The number of hydrogen-bond donors (Lipinski definition) is 2. The monoisotopic (exact) mass is 391 g/mol. The predicted molar refractivity (Wildman–Crippen MR) is 120 cm³/mol. The molecule has 6 heteroatoms. The normalized spacial score (nSPS) is 10.8. The number of aromatic nitrogens is 2. The van der Waals surface area contributed by atoms with E-state index in [1.165, 1.54) is 5.56 Å². The second-order valence-corrected chi connectivity index (χ2v) is 7.09. The molecule has 0 bridgehead atoms. The van der Waals surface area contributed by atoms with E-state index < -0.39 is 0 Å². The van der Waals surface area contributed by atoms with Gasteiger partial charge < -0.3 is 20.3 Å². The van der Waals surface area contributed by atoms with Gasteiger partial charge in [-0.05, 0) is 38.2 Å². The number of nitrogens with one attached hydrogen (secondary N) is 2. The van der Waals surface area contributed by atoms with Gasteiger partial charge in [0.2, 0.25) is 5.95 Å². The maximum atomic E-state index is 5.30. The number of ether oxygens (including phenoxy) is 1. The van der Waals surface area contributed by atoms with Crippen LogP contribution in [-0.2, 0) is 6.42 Å². The van der Waals surface area contributed by atoms with Crippen molar-refractivity contribution in [2.75, 3.05) is 51.5 Å². The molecule has 152 valence electrons. The molecular formula is C23H29N5O. The Labute approximate surface area is 173 Å². The summed E-state index contributed by atoms with van der Waals surface area (Å²) < 4.78 is 5.30. The number of benzene rings is 2. The molecule has 1 aromatic heterocycles. The van der Waals surface area contributed by atoms with Crippen LogP contribution in [0.4, 0.5) is 11.8 Å². The van der Waals surface area contributed by atoms with Crippen LogP contribution in [-0.4, -0.2) is 55.7 Å². The van der Waals surface area contributed by atoms with Gasteiger partial charge >= 0.3 is 0 Å². The van der Waals surface area contributed by atoms with Crippen LogP contribution in [0.2, 0.25) is 0 Å². The van der Waals surface area contributed by atoms with Crippen LogP contribution in [0.1, 0.15) is 5.56 Å². The molecule has 2 N–H and O–H groups in total. The van der Waals surface area contributed by atoms with Gasteiger partial charge in [-0.3, -0.25) is 0 Å². The van der Waals surface area contributed by atoms with Crippen molar-refractivity contribution >= 4 is 11.8 Å². The molecule has 0 atom stereocenters. The minimum atomic E-state index is 0.636. The van der Waals surface area contributed by atoms with Crippen molar-refractivity contribution < 1.29 is 4.74 Å². The maximum absolute atomic E-state index is 5.30. The first-order valence-electron chi connectivity index (χ1n) is 9.84. The highest BCUT2D eigenvalue weighted by Gasteiger charge is 2.07. The summed E-state index contributed by atoms with van der Waals surface area (Å²) in [5.41, 5.74) is 3.19. The van der Waals surface area contributed by atoms with Crippen LogP contribution >= 0.6 is 0 Å². The van der Waals surface area contributed by atoms with Gasteiger partial charge in [-0.1, -0.05) is 42.5 Å². The number of anilines is 2. The largest absolute Gasteiger partial charge is 0.497 e. The average molecular weight is 392 g/mol. The van der Waals surface area contributed by atoms with Crippen LogP contribution in [0.15, 0.2) is 60.7 Å². The van der Waals surface area contributed by atoms with Crippen molar-refractivity contribution in [3.63, 3.8) is 0 Å². The Bertz CT molecular complexity index is 899. The highest BCUT2D eigenvalue weighted by molar-refractivity contribution is 5.64. The number of rotatable bonds is 10. The molecule has 2 aromatic carbocycles. The number of nitrogens with zero attached hydrogens (tertiary/aromatic N) is 3. The predicted octanol–water partition coefficient (Wildman–Crippen LogP) is 3.78. The average Bonchev–Trinajstić information content (AvgIpc) is 2.74. The van der Waals surface area contributed by atoms with E-state index in [9.17, 15) is 0 Å². The van der Waals surface area contributed by atoms with Crippen LogP contribution < -0.4 is 15.4 Å². The third-order valence-corrected chi connectivity index (χ3v) is 4.49. The Morgan fingerprint density at radius 1 is 0.897 bits per heavy atom. The summed E-state index contributed by atoms with van der Waals surface area (Å²) in [4.78, 5) is 11.5. The second kappa shape index (κ2) is 10.4. The van der Waals surface area contributed by atoms with Crippen molar-refractivity contribution in [3.05, 3.63) is 66.2 Å². The fourth-order valence-electron chi connectivity index (χ4n) is 2.93. The Kier molecular flexibility index (Phi) is 7.41. The van der Waals surface area contributed by atoms with Crippen molar-refractivity contribution in [1.29, 1.82) is 0 Å². The first-order valence-corrected chi connectivity index (χ1v) is 9.84. The van der Waals surface area contributed by atoms with Gasteiger partial charge in [0.15, 0.2) is 0 Å². The molecule has 3 rings (SSSR count). The minimum absolute atomic E-state index is 0.636. The minimum Gasteiger partial charge on any atom is -0.497 e. The standard InChI is InChI=1S/C23H29N5O/c1-28(2)15-14-25-23-26-21(19-9-5-4-6-10-19)17-22(27-23)24-13-12-18-8-7-11-20(16-18)29-3/h4-11,16-17H,12-15H2,1-3H3,(H2,24,25,26,27). The first-order chi connectivity index (χ1) is 14.1. The molecular weight excluding hydrogens is 362 g/mol. The van der Waals surface area contributed by atoms with E-state index in [0.717, 1.165) is 48.9 Å². The molecule has 0 aliphatic heterocycles. The van der Waals surface area contributed by atoms with Gasteiger partial charge in [0, 0.05) is 31.3 Å². The molecule has 0 saturated heterocycles. The van der Waals surface area contributed by atoms with E-state index >= 15 is 0 Å². The molecule has 29 heavy (non-hydrogen) atoms. The molecule has 0 saturated carbocycles. The molecule has 1 heterocycles. The number of likely N-dealkylation sites (N-methyl/N-ethyl adjacent to an activating group) is 1. The van der Waals surface area contributed by atoms with E-state index in [-0.39, 0.29) is 0 Å². The highest BCUT2D eigenvalue weighted by atomic mass is 16.5. The lowest BCUT2D eigenvalue weighted by molar-refractivity contribution is 0.414. The van der Waals surface area contributed by atoms with Crippen molar-refractivity contribution in [2.45, 2.75) is 6.42 Å². The van der Waals surface area contributed by atoms with Crippen LogP contribution in [0.3, 0.4) is 0 Å². The van der Waals surface area contributed by atoms with Crippen LogP contribution in [0, 0.1) is 0 Å². The maximum Gasteiger partial charge on any atom is 0.225 e. The summed E-state index contributed by atoms with van der Waals surface area (Å²) in [7, 11) is 5.79. The van der Waals surface area contributed by atoms with Gasteiger partial charge in [-0.2, -0.15) is 4.98 Å². The number of hydrogen-bond acceptors (Lipinski definition) is 6. The second-order valence-electron chi connectivity index (χ2n) is 7.09. The number of methoxy groups -OCH3 is 1. The van der Waals surface area contributed by atoms with Gasteiger partial charge in [0.25, 0.3) is 0 Å². The molecule has 0 aliphatic rings. The smallest absolute Gasteiger partial charge is 0.225 e. The van der Waals surface area contributed by atoms with Crippen LogP contribution in [0.25, 0.3) is 11.3 Å². The Balaban J connectivity index is 1.71. The van der Waals surface area contributed by atoms with Gasteiger partial charge in [-0.15, -0.1) is 0 Å². The fourth-order valence-corrected chi connectivity index (χ4v) is 2.93. The topological polar surface area (TPSA) is 62.3 Å². The molecule has 0 amide bonds. The summed E-state index contributed by atoms with van der Waals surface area (Å²) in [5, 5.41) is 6.77. The summed E-state index contributed by atoms with van der Waals surface area (Å²) in [5.74, 6) is 2.33. The van der Waals surface area contributed by atoms with Crippen molar-refractivity contribution in [3.8, 4) is 17.0 Å². The Hall–Kier alpha value is -3.12. The van der Waals surface area contributed by atoms with E-state index in [0.29, 0.717) is 5.95 Å². The van der Waals surface area contributed by atoms with Crippen LogP contribution in [0.5, 0.6) is 5.75 Å². The Morgan fingerprint density at radius 3 is 2.48 bits per heavy atom. The lowest BCUT2D eigenvalue weighted by Gasteiger charge is -2.13. The SMILES string of the molecule is COc1cccc(CCNc2cc(-c3ccccc3)nc(NCCN(C)C)n2)c1. The molecule has 6 nitrogen and oxygen atoms in total. The molecule has 0 radical (unpaired) electrons. The first kappa shape index (κ1) is 20.6. The zero-order valence-electron chi connectivity index (χ0n) is 17.4. The summed E-state index contributed by atoms with van der Waals surface area (Å²) in [6, 6.07) is 20.3. The summed E-state index contributed by atoms with van der Waals surface area (Å²) in [6.07, 6.45) is 0.880. The zero-order valence-corrected chi connectivity index (χ0v) is 17.4. The summed E-state index contributed by atoms with van der Waals surface area (Å²) >= 11 is 0.